The molecule has 0 spiro atoms. The third kappa shape index (κ3) is 5.86. The molecule has 0 radical (unpaired) electrons. The summed E-state index contributed by atoms with van der Waals surface area (Å²) in [5, 5.41) is 0.0851. The van der Waals surface area contributed by atoms with Crippen molar-refractivity contribution in [1.29, 1.82) is 0 Å². The Morgan fingerprint density at radius 2 is 1.97 bits per heavy atom. The molecule has 1 aliphatic rings. The molecule has 202 valence electrons. The van der Waals surface area contributed by atoms with Gasteiger partial charge in [-0.1, -0.05) is 24.6 Å². The van der Waals surface area contributed by atoms with Gasteiger partial charge in [0.15, 0.2) is 5.03 Å². The summed E-state index contributed by atoms with van der Waals surface area (Å²) >= 11 is 6.52. The molecule has 11 heteroatoms. The Bertz CT molecular complexity index is 1480. The van der Waals surface area contributed by atoms with Gasteiger partial charge in [-0.2, -0.15) is 8.42 Å². The number of aromatic nitrogens is 2. The summed E-state index contributed by atoms with van der Waals surface area (Å²) in [4.78, 5) is 24.2. The minimum absolute atomic E-state index is 0.0237. The van der Waals surface area contributed by atoms with E-state index in [0.29, 0.717) is 40.2 Å². The summed E-state index contributed by atoms with van der Waals surface area (Å²) in [5.74, 6) is 0.554. The average molecular weight is 558 g/mol. The first kappa shape index (κ1) is 27.7. The molecule has 0 aliphatic carbocycles. The van der Waals surface area contributed by atoms with E-state index < -0.39 is 15.9 Å². The van der Waals surface area contributed by atoms with Gasteiger partial charge in [0.25, 0.3) is 15.9 Å². The Balaban J connectivity index is 1.81. The number of anilines is 2. The van der Waals surface area contributed by atoms with Crippen LogP contribution in [0.15, 0.2) is 53.7 Å². The van der Waals surface area contributed by atoms with Crippen molar-refractivity contribution in [2.75, 3.05) is 17.2 Å². The lowest BCUT2D eigenvalue weighted by atomic mass is 9.97. The summed E-state index contributed by atoms with van der Waals surface area (Å²) in [6.45, 7) is 10.8. The minimum Gasteiger partial charge on any atom is -0.491 e. The third-order valence-corrected chi connectivity index (χ3v) is 7.87. The van der Waals surface area contributed by atoms with Crippen molar-refractivity contribution >= 4 is 39.2 Å². The van der Waals surface area contributed by atoms with Crippen LogP contribution >= 0.6 is 11.6 Å². The normalized spacial score (nSPS) is 17.0. The number of ether oxygens (including phenoxy) is 1. The lowest BCUT2D eigenvalue weighted by Gasteiger charge is -2.33. The SMILES string of the molecule is CC1CN(c2ncc(-c3cc(OC(C)C)ccc3Cl)cc2C(=O)NS(=O)(=O)c2cccc(N)n2)C(C)(C)C1. The zero-order chi connectivity index (χ0) is 27.8. The van der Waals surface area contributed by atoms with Gasteiger partial charge in [-0.25, -0.2) is 14.7 Å². The van der Waals surface area contributed by atoms with Gasteiger partial charge in [0.05, 0.1) is 11.7 Å². The minimum atomic E-state index is -4.30. The fourth-order valence-electron chi connectivity index (χ4n) is 4.83. The van der Waals surface area contributed by atoms with E-state index in [9.17, 15) is 13.2 Å². The molecular weight excluding hydrogens is 526 g/mol. The van der Waals surface area contributed by atoms with E-state index in [1.54, 1.807) is 30.5 Å². The second kappa shape index (κ2) is 10.4. The lowest BCUT2D eigenvalue weighted by Crippen LogP contribution is -2.41. The van der Waals surface area contributed by atoms with Gasteiger partial charge >= 0.3 is 0 Å². The van der Waals surface area contributed by atoms with Crippen molar-refractivity contribution < 1.29 is 17.9 Å². The van der Waals surface area contributed by atoms with Crippen LogP contribution < -0.4 is 20.1 Å². The number of nitrogens with two attached hydrogens (primary N) is 1. The molecule has 1 fully saturated rings. The monoisotopic (exact) mass is 557 g/mol. The van der Waals surface area contributed by atoms with E-state index in [1.165, 1.54) is 18.2 Å². The summed E-state index contributed by atoms with van der Waals surface area (Å²) in [7, 11) is -4.30. The Morgan fingerprint density at radius 3 is 2.61 bits per heavy atom. The van der Waals surface area contributed by atoms with Crippen molar-refractivity contribution in [2.24, 2.45) is 5.92 Å². The lowest BCUT2D eigenvalue weighted by molar-refractivity contribution is 0.0981. The number of carbonyl (C=O) groups is 1. The van der Waals surface area contributed by atoms with E-state index in [4.69, 9.17) is 22.1 Å². The van der Waals surface area contributed by atoms with Gasteiger partial charge in [0, 0.05) is 34.4 Å². The first-order valence-electron chi connectivity index (χ1n) is 12.3. The number of halogens is 1. The number of benzene rings is 1. The van der Waals surface area contributed by atoms with E-state index in [-0.39, 0.29) is 28.1 Å². The first-order valence-corrected chi connectivity index (χ1v) is 14.2. The average Bonchev–Trinajstić information content (AvgIpc) is 3.11. The first-order chi connectivity index (χ1) is 17.8. The second-order valence-electron chi connectivity index (χ2n) is 10.5. The van der Waals surface area contributed by atoms with Gasteiger partial charge < -0.3 is 15.4 Å². The number of nitrogens with one attached hydrogen (secondary N) is 1. The van der Waals surface area contributed by atoms with Gasteiger partial charge in [0.2, 0.25) is 0 Å². The maximum absolute atomic E-state index is 13.6. The summed E-state index contributed by atoms with van der Waals surface area (Å²) in [5.41, 5.74) is 6.62. The predicted octanol–water partition coefficient (Wildman–Crippen LogP) is 4.91. The Hall–Kier alpha value is -3.37. The van der Waals surface area contributed by atoms with Crippen molar-refractivity contribution in [3.63, 3.8) is 0 Å². The highest BCUT2D eigenvalue weighted by atomic mass is 35.5. The molecule has 1 aromatic carbocycles. The number of carbonyl (C=O) groups excluding carboxylic acids is 1. The zero-order valence-electron chi connectivity index (χ0n) is 22.0. The number of nitrogen functional groups attached to an aromatic ring is 1. The summed E-state index contributed by atoms with van der Waals surface area (Å²) in [6.07, 6.45) is 2.49. The molecule has 38 heavy (non-hydrogen) atoms. The highest BCUT2D eigenvalue weighted by Gasteiger charge is 2.39. The van der Waals surface area contributed by atoms with E-state index in [0.717, 1.165) is 6.42 Å². The molecular formula is C27H32ClN5O4S. The highest BCUT2D eigenvalue weighted by molar-refractivity contribution is 7.90. The van der Waals surface area contributed by atoms with Crippen LogP contribution in [0.25, 0.3) is 11.1 Å². The van der Waals surface area contributed by atoms with Crippen LogP contribution in [0.3, 0.4) is 0 Å². The molecule has 1 amide bonds. The zero-order valence-corrected chi connectivity index (χ0v) is 23.6. The van der Waals surface area contributed by atoms with Crippen LogP contribution in [0, 0.1) is 5.92 Å². The maximum Gasteiger partial charge on any atom is 0.281 e. The van der Waals surface area contributed by atoms with Gasteiger partial charge in [0.1, 0.15) is 17.4 Å². The van der Waals surface area contributed by atoms with Gasteiger partial charge in [-0.3, -0.25) is 4.79 Å². The van der Waals surface area contributed by atoms with Crippen LogP contribution in [0.4, 0.5) is 11.6 Å². The number of hydrogen-bond acceptors (Lipinski definition) is 8. The Labute approximate surface area is 228 Å². The predicted molar refractivity (Wildman–Crippen MR) is 149 cm³/mol. The molecule has 0 saturated carbocycles. The van der Waals surface area contributed by atoms with Crippen molar-refractivity contribution in [3.05, 3.63) is 59.2 Å². The van der Waals surface area contributed by atoms with Crippen molar-refractivity contribution in [3.8, 4) is 16.9 Å². The van der Waals surface area contributed by atoms with Gasteiger partial charge in [-0.05, 0) is 76.4 Å². The van der Waals surface area contributed by atoms with E-state index in [2.05, 4.69) is 35.5 Å². The van der Waals surface area contributed by atoms with Crippen LogP contribution in [0.2, 0.25) is 5.02 Å². The summed E-state index contributed by atoms with van der Waals surface area (Å²) in [6, 6.07) is 11.0. The second-order valence-corrected chi connectivity index (χ2v) is 12.5. The maximum atomic E-state index is 13.6. The molecule has 3 heterocycles. The van der Waals surface area contributed by atoms with Gasteiger partial charge in [-0.15, -0.1) is 0 Å². The number of amides is 1. The molecule has 1 saturated heterocycles. The fourth-order valence-corrected chi connectivity index (χ4v) is 6.00. The molecule has 1 aliphatic heterocycles. The third-order valence-electron chi connectivity index (χ3n) is 6.31. The standard InChI is InChI=1S/C27H32ClN5O4S/c1-16(2)37-19-9-10-22(28)20(12-19)18-11-21(25(30-14-18)33-15-17(3)13-27(33,4)5)26(34)32-38(35,36)24-8-6-7-23(29)31-24/h6-12,14,16-17H,13,15H2,1-5H3,(H2,29,31)(H,32,34). The Kier molecular flexibility index (Phi) is 7.58. The molecule has 3 N–H and O–H groups in total. The van der Waals surface area contributed by atoms with Crippen LogP contribution in [-0.4, -0.2) is 42.5 Å². The van der Waals surface area contributed by atoms with E-state index in [1.807, 2.05) is 18.7 Å². The molecule has 0 bridgehead atoms. The smallest absolute Gasteiger partial charge is 0.281 e. The largest absolute Gasteiger partial charge is 0.491 e. The van der Waals surface area contributed by atoms with Crippen molar-refractivity contribution in [1.82, 2.24) is 14.7 Å². The molecule has 9 nitrogen and oxygen atoms in total. The van der Waals surface area contributed by atoms with E-state index >= 15 is 0 Å². The quantitative estimate of drug-likeness (QED) is 0.419. The fraction of sp³-hybridized carbons (Fsp3) is 0.370. The van der Waals surface area contributed by atoms with Crippen LogP contribution in [0.5, 0.6) is 5.75 Å². The summed E-state index contributed by atoms with van der Waals surface area (Å²) < 4.78 is 34.0. The molecule has 2 aromatic heterocycles. The number of pyridine rings is 2. The molecule has 1 atom stereocenters. The molecule has 4 rings (SSSR count). The highest BCUT2D eigenvalue weighted by Crippen LogP contribution is 2.39. The Morgan fingerprint density at radius 1 is 1.24 bits per heavy atom. The van der Waals surface area contributed by atoms with Crippen LogP contribution in [0.1, 0.15) is 51.4 Å². The van der Waals surface area contributed by atoms with Crippen LogP contribution in [-0.2, 0) is 10.0 Å². The molecule has 1 unspecified atom stereocenters. The number of sulfonamides is 1. The topological polar surface area (TPSA) is 128 Å². The number of rotatable bonds is 7. The number of hydrogen-bond donors (Lipinski definition) is 2. The molecule has 3 aromatic rings. The number of nitrogens with zero attached hydrogens (tertiary/aromatic N) is 3. The van der Waals surface area contributed by atoms with Crippen molar-refractivity contribution in [2.45, 2.75) is 57.7 Å².